The first-order chi connectivity index (χ1) is 10.9. The molecule has 0 aliphatic rings. The molecule has 0 atom stereocenters. The summed E-state index contributed by atoms with van der Waals surface area (Å²) in [6.45, 7) is 4.28. The van der Waals surface area contributed by atoms with Crippen molar-refractivity contribution in [2.45, 2.75) is 18.7 Å². The average molecular weight is 397 g/mol. The second kappa shape index (κ2) is 7.61. The van der Waals surface area contributed by atoms with E-state index in [0.29, 0.717) is 17.9 Å². The Labute approximate surface area is 144 Å². The molecule has 0 fully saturated rings. The molecule has 7 heteroatoms. The van der Waals surface area contributed by atoms with Gasteiger partial charge in [-0.05, 0) is 44.2 Å². The molecule has 0 aliphatic carbocycles. The van der Waals surface area contributed by atoms with Crippen LogP contribution in [0, 0.1) is 6.92 Å². The summed E-state index contributed by atoms with van der Waals surface area (Å²) >= 11 is 3.37. The predicted octanol–water partition coefficient (Wildman–Crippen LogP) is 3.47. The molecule has 0 aromatic heterocycles. The minimum Gasteiger partial charge on any atom is -0.493 e. The zero-order valence-electron chi connectivity index (χ0n) is 12.8. The molecule has 122 valence electrons. The smallest absolute Gasteiger partial charge is 0.276 e. The Kier molecular flexibility index (Phi) is 5.79. The lowest BCUT2D eigenvalue weighted by atomic mass is 10.2. The summed E-state index contributed by atoms with van der Waals surface area (Å²) in [6.07, 6.45) is 1.42. The van der Waals surface area contributed by atoms with Gasteiger partial charge in [-0.3, -0.25) is 0 Å². The van der Waals surface area contributed by atoms with Crippen molar-refractivity contribution in [3.63, 3.8) is 0 Å². The van der Waals surface area contributed by atoms with E-state index in [1.54, 1.807) is 24.3 Å². The van der Waals surface area contributed by atoms with Crippen LogP contribution in [0.2, 0.25) is 0 Å². The number of halogens is 1. The molecule has 0 unspecified atom stereocenters. The zero-order valence-corrected chi connectivity index (χ0v) is 15.2. The maximum absolute atomic E-state index is 12.1. The SMILES string of the molecule is CCOc1ccc(Br)cc1/C=N\NS(=O)(=O)c1ccc(C)cc1. The Hall–Kier alpha value is -1.86. The number of nitrogens with one attached hydrogen (secondary N) is 1. The highest BCUT2D eigenvalue weighted by atomic mass is 79.9. The Morgan fingerprint density at radius 3 is 2.57 bits per heavy atom. The van der Waals surface area contributed by atoms with Crippen LogP contribution in [0.5, 0.6) is 5.75 Å². The number of rotatable bonds is 6. The standard InChI is InChI=1S/C16H17BrN2O3S/c1-3-22-16-9-6-14(17)10-13(16)11-18-19-23(20,21)15-7-4-12(2)5-8-15/h4-11,19H,3H2,1-2H3/b18-11-. The Bertz CT molecular complexity index is 803. The van der Waals surface area contributed by atoms with E-state index >= 15 is 0 Å². The average Bonchev–Trinajstić information content (AvgIpc) is 2.50. The van der Waals surface area contributed by atoms with Crippen molar-refractivity contribution >= 4 is 32.2 Å². The molecule has 0 heterocycles. The van der Waals surface area contributed by atoms with Gasteiger partial charge in [-0.25, -0.2) is 4.83 Å². The number of ether oxygens (including phenoxy) is 1. The van der Waals surface area contributed by atoms with Gasteiger partial charge in [0.25, 0.3) is 10.0 Å². The Balaban J connectivity index is 2.18. The molecule has 2 rings (SSSR count). The van der Waals surface area contributed by atoms with Gasteiger partial charge in [0, 0.05) is 10.0 Å². The van der Waals surface area contributed by atoms with Crippen LogP contribution < -0.4 is 9.57 Å². The first-order valence-electron chi connectivity index (χ1n) is 6.96. The predicted molar refractivity (Wildman–Crippen MR) is 94.4 cm³/mol. The monoisotopic (exact) mass is 396 g/mol. The van der Waals surface area contributed by atoms with Crippen LogP contribution in [0.4, 0.5) is 0 Å². The third-order valence-corrected chi connectivity index (χ3v) is 4.71. The highest BCUT2D eigenvalue weighted by Crippen LogP contribution is 2.21. The van der Waals surface area contributed by atoms with Gasteiger partial charge in [0.15, 0.2) is 0 Å². The van der Waals surface area contributed by atoms with Crippen LogP contribution in [0.25, 0.3) is 0 Å². The fourth-order valence-electron chi connectivity index (χ4n) is 1.84. The molecule has 0 saturated heterocycles. The number of hydrogen-bond donors (Lipinski definition) is 1. The molecule has 2 aromatic carbocycles. The first-order valence-corrected chi connectivity index (χ1v) is 9.24. The number of benzene rings is 2. The van der Waals surface area contributed by atoms with Gasteiger partial charge < -0.3 is 4.74 Å². The molecule has 0 radical (unpaired) electrons. The molecular formula is C16H17BrN2O3S. The summed E-state index contributed by atoms with van der Waals surface area (Å²) in [5, 5.41) is 3.83. The lowest BCUT2D eigenvalue weighted by Gasteiger charge is -2.07. The van der Waals surface area contributed by atoms with Gasteiger partial charge in [0.05, 0.1) is 17.7 Å². The van der Waals surface area contributed by atoms with Crippen LogP contribution in [-0.2, 0) is 10.0 Å². The quantitative estimate of drug-likeness (QED) is 0.600. The van der Waals surface area contributed by atoms with Crippen molar-refractivity contribution in [3.05, 3.63) is 58.1 Å². The number of sulfonamides is 1. The lowest BCUT2D eigenvalue weighted by Crippen LogP contribution is -2.18. The maximum atomic E-state index is 12.1. The van der Waals surface area contributed by atoms with Crippen molar-refractivity contribution in [3.8, 4) is 5.75 Å². The molecule has 2 aromatic rings. The summed E-state index contributed by atoms with van der Waals surface area (Å²) in [4.78, 5) is 2.37. The second-order valence-electron chi connectivity index (χ2n) is 4.78. The van der Waals surface area contributed by atoms with Crippen molar-refractivity contribution in [1.82, 2.24) is 4.83 Å². The molecule has 0 amide bonds. The summed E-state index contributed by atoms with van der Waals surface area (Å²) < 4.78 is 30.6. The summed E-state index contributed by atoms with van der Waals surface area (Å²) in [7, 11) is -3.68. The lowest BCUT2D eigenvalue weighted by molar-refractivity contribution is 0.339. The third kappa shape index (κ3) is 4.80. The van der Waals surface area contributed by atoms with E-state index in [-0.39, 0.29) is 4.90 Å². The molecule has 5 nitrogen and oxygen atoms in total. The van der Waals surface area contributed by atoms with E-state index in [9.17, 15) is 8.42 Å². The normalized spacial score (nSPS) is 11.6. The molecule has 0 spiro atoms. The van der Waals surface area contributed by atoms with Crippen molar-refractivity contribution in [2.24, 2.45) is 5.10 Å². The molecule has 23 heavy (non-hydrogen) atoms. The van der Waals surface area contributed by atoms with Gasteiger partial charge >= 0.3 is 0 Å². The van der Waals surface area contributed by atoms with Crippen LogP contribution in [0.3, 0.4) is 0 Å². The minimum absolute atomic E-state index is 0.166. The Morgan fingerprint density at radius 2 is 1.91 bits per heavy atom. The van der Waals surface area contributed by atoms with Gasteiger partial charge in [0.1, 0.15) is 5.75 Å². The molecule has 0 saturated carbocycles. The second-order valence-corrected chi connectivity index (χ2v) is 7.36. The van der Waals surface area contributed by atoms with Gasteiger partial charge in [0.2, 0.25) is 0 Å². The van der Waals surface area contributed by atoms with Gasteiger partial charge in [-0.15, -0.1) is 0 Å². The number of nitrogens with zero attached hydrogens (tertiary/aromatic N) is 1. The van der Waals surface area contributed by atoms with E-state index in [1.807, 2.05) is 19.9 Å². The molecule has 0 bridgehead atoms. The minimum atomic E-state index is -3.68. The topological polar surface area (TPSA) is 67.8 Å². The number of aryl methyl sites for hydroxylation is 1. The van der Waals surface area contributed by atoms with Gasteiger partial charge in [-0.2, -0.15) is 13.5 Å². The summed E-state index contributed by atoms with van der Waals surface area (Å²) in [6, 6.07) is 12.0. The molecule has 1 N–H and O–H groups in total. The van der Waals surface area contributed by atoms with Crippen LogP contribution >= 0.6 is 15.9 Å². The number of hydrazone groups is 1. The fraction of sp³-hybridized carbons (Fsp3) is 0.188. The number of hydrogen-bond acceptors (Lipinski definition) is 4. The fourth-order valence-corrected chi connectivity index (χ4v) is 3.01. The van der Waals surface area contributed by atoms with E-state index < -0.39 is 10.0 Å². The summed E-state index contributed by atoms with van der Waals surface area (Å²) in [5.74, 6) is 0.633. The van der Waals surface area contributed by atoms with E-state index in [2.05, 4.69) is 25.9 Å². The van der Waals surface area contributed by atoms with Gasteiger partial charge in [-0.1, -0.05) is 33.6 Å². The Morgan fingerprint density at radius 1 is 1.22 bits per heavy atom. The van der Waals surface area contributed by atoms with E-state index in [1.165, 1.54) is 18.3 Å². The zero-order chi connectivity index (χ0) is 16.9. The largest absolute Gasteiger partial charge is 0.493 e. The highest BCUT2D eigenvalue weighted by Gasteiger charge is 2.12. The van der Waals surface area contributed by atoms with Crippen LogP contribution in [0.1, 0.15) is 18.1 Å². The van der Waals surface area contributed by atoms with E-state index in [0.717, 1.165) is 10.0 Å². The van der Waals surface area contributed by atoms with Crippen molar-refractivity contribution < 1.29 is 13.2 Å². The van der Waals surface area contributed by atoms with Crippen LogP contribution in [0.15, 0.2) is 56.9 Å². The van der Waals surface area contributed by atoms with Crippen molar-refractivity contribution in [2.75, 3.05) is 6.61 Å². The molecular weight excluding hydrogens is 380 g/mol. The third-order valence-electron chi connectivity index (χ3n) is 2.98. The first kappa shape index (κ1) is 17.5. The maximum Gasteiger partial charge on any atom is 0.276 e. The van der Waals surface area contributed by atoms with Crippen LogP contribution in [-0.4, -0.2) is 21.2 Å². The molecule has 0 aliphatic heterocycles. The van der Waals surface area contributed by atoms with Crippen molar-refractivity contribution in [1.29, 1.82) is 0 Å². The highest BCUT2D eigenvalue weighted by molar-refractivity contribution is 9.10. The van der Waals surface area contributed by atoms with E-state index in [4.69, 9.17) is 4.74 Å². The summed E-state index contributed by atoms with van der Waals surface area (Å²) in [5.41, 5.74) is 1.66.